The number of hydrogen-bond donors (Lipinski definition) is 3. The van der Waals surface area contributed by atoms with Gasteiger partial charge in [-0.2, -0.15) is 0 Å². The number of ether oxygens (including phenoxy) is 4. The highest BCUT2D eigenvalue weighted by Crippen LogP contribution is 2.41. The fourth-order valence-electron chi connectivity index (χ4n) is 3.77. The van der Waals surface area contributed by atoms with Crippen molar-refractivity contribution >= 4 is 0 Å². The zero-order valence-corrected chi connectivity index (χ0v) is 17.8. The predicted molar refractivity (Wildman–Crippen MR) is 112 cm³/mol. The lowest BCUT2D eigenvalue weighted by Crippen LogP contribution is -2.53. The molecule has 5 atom stereocenters. The normalized spacial score (nSPS) is 25.8. The minimum atomic E-state index is -1.90. The highest BCUT2D eigenvalue weighted by atomic mass is 19.1. The third-order valence-corrected chi connectivity index (χ3v) is 5.41. The molecule has 3 rings (SSSR count). The molecule has 1 aliphatic heterocycles. The molecule has 2 aromatic carbocycles. The van der Waals surface area contributed by atoms with Gasteiger partial charge in [-0.1, -0.05) is 12.1 Å². The number of aliphatic hydroxyl groups is 3. The average Bonchev–Trinajstić information content (AvgIpc) is 2.79. The molecule has 0 radical (unpaired) electrons. The van der Waals surface area contributed by atoms with E-state index in [1.807, 2.05) is 31.2 Å². The van der Waals surface area contributed by atoms with Gasteiger partial charge in [-0.15, -0.1) is 0 Å². The monoisotopic (exact) mass is 436 g/mol. The summed E-state index contributed by atoms with van der Waals surface area (Å²) in [4.78, 5) is 0. The second kappa shape index (κ2) is 10.3. The summed E-state index contributed by atoms with van der Waals surface area (Å²) in [5.74, 6) is 1.71. The van der Waals surface area contributed by atoms with Gasteiger partial charge >= 0.3 is 0 Å². The zero-order chi connectivity index (χ0) is 22.5. The number of alkyl halides is 1. The molecule has 0 bridgehead atoms. The summed E-state index contributed by atoms with van der Waals surface area (Å²) < 4.78 is 36.2. The largest absolute Gasteiger partial charge is 0.496 e. The van der Waals surface area contributed by atoms with Gasteiger partial charge in [0, 0.05) is 18.1 Å². The molecule has 170 valence electrons. The van der Waals surface area contributed by atoms with Crippen molar-refractivity contribution in [2.75, 3.05) is 27.4 Å². The molecule has 1 unspecified atom stereocenters. The van der Waals surface area contributed by atoms with Gasteiger partial charge in [0.2, 0.25) is 0 Å². The minimum absolute atomic E-state index is 0.359. The summed E-state index contributed by atoms with van der Waals surface area (Å²) in [6.07, 6.45) is -6.96. The molecule has 0 aromatic heterocycles. The maximum absolute atomic E-state index is 14.2. The molecule has 3 N–H and O–H groups in total. The van der Waals surface area contributed by atoms with E-state index in [1.54, 1.807) is 19.2 Å². The van der Waals surface area contributed by atoms with Gasteiger partial charge in [-0.25, -0.2) is 4.39 Å². The van der Waals surface area contributed by atoms with Crippen LogP contribution in [0.3, 0.4) is 0 Å². The lowest BCUT2D eigenvalue weighted by atomic mass is 9.90. The van der Waals surface area contributed by atoms with E-state index >= 15 is 0 Å². The Bertz CT molecular complexity index is 856. The first-order valence-electron chi connectivity index (χ1n) is 10.2. The highest BCUT2D eigenvalue weighted by molar-refractivity contribution is 5.50. The fraction of sp³-hybridized carbons (Fsp3) is 0.478. The number of halogens is 1. The second-order valence-corrected chi connectivity index (χ2v) is 7.36. The molecule has 0 amide bonds. The van der Waals surface area contributed by atoms with Gasteiger partial charge in [-0.05, 0) is 36.2 Å². The van der Waals surface area contributed by atoms with Crippen LogP contribution in [-0.2, 0) is 11.2 Å². The highest BCUT2D eigenvalue weighted by Gasteiger charge is 2.46. The van der Waals surface area contributed by atoms with Crippen molar-refractivity contribution in [1.29, 1.82) is 0 Å². The average molecular weight is 436 g/mol. The summed E-state index contributed by atoms with van der Waals surface area (Å²) in [6.45, 7) is 1.88. The number of hydrogen-bond acceptors (Lipinski definition) is 7. The van der Waals surface area contributed by atoms with Crippen molar-refractivity contribution in [3.05, 3.63) is 53.1 Å². The number of aliphatic hydroxyl groups excluding tert-OH is 3. The maximum atomic E-state index is 14.2. The number of rotatable bonds is 8. The Labute approximate surface area is 180 Å². The molecule has 1 aliphatic rings. The molecule has 7 nitrogen and oxygen atoms in total. The Morgan fingerprint density at radius 2 is 1.68 bits per heavy atom. The third kappa shape index (κ3) is 4.93. The Morgan fingerprint density at radius 1 is 1.00 bits per heavy atom. The second-order valence-electron chi connectivity index (χ2n) is 7.36. The summed E-state index contributed by atoms with van der Waals surface area (Å²) in [7, 11) is 3.00. The first-order valence-corrected chi connectivity index (χ1v) is 10.2. The van der Waals surface area contributed by atoms with E-state index in [-0.39, 0.29) is 0 Å². The molecule has 31 heavy (non-hydrogen) atoms. The van der Waals surface area contributed by atoms with Gasteiger partial charge in [0.05, 0.1) is 27.4 Å². The van der Waals surface area contributed by atoms with Crippen LogP contribution < -0.4 is 14.2 Å². The number of methoxy groups -OCH3 is 2. The lowest BCUT2D eigenvalue weighted by Gasteiger charge is -2.39. The quantitative estimate of drug-likeness (QED) is 0.584. The van der Waals surface area contributed by atoms with Crippen LogP contribution in [0.25, 0.3) is 0 Å². The van der Waals surface area contributed by atoms with E-state index in [0.717, 1.165) is 16.9 Å². The molecule has 2 aromatic rings. The Morgan fingerprint density at radius 3 is 2.26 bits per heavy atom. The van der Waals surface area contributed by atoms with Gasteiger partial charge in [0.1, 0.15) is 41.7 Å². The van der Waals surface area contributed by atoms with Gasteiger partial charge in [0.25, 0.3) is 0 Å². The number of benzene rings is 2. The Balaban J connectivity index is 1.97. The van der Waals surface area contributed by atoms with Crippen molar-refractivity contribution < 1.29 is 38.7 Å². The Hall–Kier alpha value is -2.39. The van der Waals surface area contributed by atoms with Crippen molar-refractivity contribution in [3.8, 4) is 17.2 Å². The van der Waals surface area contributed by atoms with Crippen LogP contribution in [0.2, 0.25) is 0 Å². The van der Waals surface area contributed by atoms with E-state index in [0.29, 0.717) is 30.1 Å². The molecule has 1 fully saturated rings. The maximum Gasteiger partial charge on any atom is 0.157 e. The van der Waals surface area contributed by atoms with E-state index in [2.05, 4.69) is 0 Å². The Kier molecular flexibility index (Phi) is 7.72. The minimum Gasteiger partial charge on any atom is -0.496 e. The van der Waals surface area contributed by atoms with E-state index in [9.17, 15) is 19.7 Å². The van der Waals surface area contributed by atoms with Gasteiger partial charge < -0.3 is 34.3 Å². The van der Waals surface area contributed by atoms with Crippen molar-refractivity contribution in [2.24, 2.45) is 0 Å². The van der Waals surface area contributed by atoms with Gasteiger partial charge in [-0.3, -0.25) is 0 Å². The van der Waals surface area contributed by atoms with Crippen LogP contribution in [0.15, 0.2) is 36.4 Å². The molecule has 1 heterocycles. The topological polar surface area (TPSA) is 97.6 Å². The summed E-state index contributed by atoms with van der Waals surface area (Å²) in [6, 6.07) is 11.1. The lowest BCUT2D eigenvalue weighted by molar-refractivity contribution is -0.214. The smallest absolute Gasteiger partial charge is 0.157 e. The summed E-state index contributed by atoms with van der Waals surface area (Å²) in [5, 5.41) is 30.0. The van der Waals surface area contributed by atoms with Crippen molar-refractivity contribution in [3.63, 3.8) is 0 Å². The van der Waals surface area contributed by atoms with Crippen LogP contribution >= 0.6 is 0 Å². The van der Waals surface area contributed by atoms with Gasteiger partial charge in [0.15, 0.2) is 6.17 Å². The standard InChI is InChI=1S/C23H29FO7/c1-4-30-15-7-5-13(6-8-15)9-14-10-16(18(29-3)11-17(14)28-2)23-22(27)21(26)20(24)19(12-25)31-23/h5-8,10-11,19-23,25-27H,4,9,12H2,1-3H3/t19-,20+,21?,22+,23+/m1/s1. The molecule has 8 heteroatoms. The van der Waals surface area contributed by atoms with E-state index < -0.39 is 37.2 Å². The zero-order valence-electron chi connectivity index (χ0n) is 17.8. The van der Waals surface area contributed by atoms with Crippen LogP contribution in [-0.4, -0.2) is 67.2 Å². The molecular formula is C23H29FO7. The molecule has 0 spiro atoms. The van der Waals surface area contributed by atoms with Crippen LogP contribution in [0, 0.1) is 0 Å². The van der Waals surface area contributed by atoms with Crippen LogP contribution in [0.5, 0.6) is 17.2 Å². The van der Waals surface area contributed by atoms with Crippen LogP contribution in [0.1, 0.15) is 29.7 Å². The predicted octanol–water partition coefficient (Wildman–Crippen LogP) is 2.19. The SMILES string of the molecule is CCOc1ccc(Cc2cc([C@@H]3O[C@H](CO)[C@H](F)C(O)[C@@H]3O)c(OC)cc2OC)cc1. The van der Waals surface area contributed by atoms with E-state index in [4.69, 9.17) is 18.9 Å². The van der Waals surface area contributed by atoms with Crippen molar-refractivity contribution in [2.45, 2.75) is 43.9 Å². The molecular weight excluding hydrogens is 407 g/mol. The molecule has 0 aliphatic carbocycles. The van der Waals surface area contributed by atoms with Crippen LogP contribution in [0.4, 0.5) is 4.39 Å². The summed E-state index contributed by atoms with van der Waals surface area (Å²) in [5.41, 5.74) is 2.22. The van der Waals surface area contributed by atoms with E-state index in [1.165, 1.54) is 7.11 Å². The molecule has 0 saturated carbocycles. The van der Waals surface area contributed by atoms with Crippen molar-refractivity contribution in [1.82, 2.24) is 0 Å². The first kappa shape index (κ1) is 23.3. The molecule has 1 saturated heterocycles. The first-order chi connectivity index (χ1) is 14.9. The third-order valence-electron chi connectivity index (χ3n) is 5.41. The fourth-order valence-corrected chi connectivity index (χ4v) is 3.77. The summed E-state index contributed by atoms with van der Waals surface area (Å²) >= 11 is 0.